The predicted octanol–water partition coefficient (Wildman–Crippen LogP) is 1.72. The molecule has 2 saturated heterocycles. The molecule has 3 fully saturated rings. The lowest BCUT2D eigenvalue weighted by Gasteiger charge is -2.44. The molecular formula is C15H29N3. The minimum atomic E-state index is 0.259. The molecular weight excluding hydrogens is 222 g/mol. The van der Waals surface area contributed by atoms with Crippen molar-refractivity contribution in [3.63, 3.8) is 0 Å². The van der Waals surface area contributed by atoms with Gasteiger partial charge in [0.1, 0.15) is 0 Å². The maximum absolute atomic E-state index is 6.10. The fraction of sp³-hybridized carbons (Fsp3) is 1.00. The Morgan fingerprint density at radius 2 is 2.06 bits per heavy atom. The molecule has 18 heavy (non-hydrogen) atoms. The number of hydrogen-bond acceptors (Lipinski definition) is 3. The Morgan fingerprint density at radius 1 is 1.17 bits per heavy atom. The lowest BCUT2D eigenvalue weighted by molar-refractivity contribution is 0.108. The van der Waals surface area contributed by atoms with Crippen molar-refractivity contribution in [2.45, 2.75) is 62.9 Å². The summed E-state index contributed by atoms with van der Waals surface area (Å²) >= 11 is 0. The minimum Gasteiger partial charge on any atom is -0.329 e. The first kappa shape index (κ1) is 12.9. The summed E-state index contributed by atoms with van der Waals surface area (Å²) in [6.07, 6.45) is 11.1. The van der Waals surface area contributed by atoms with Gasteiger partial charge in [-0.1, -0.05) is 19.3 Å². The van der Waals surface area contributed by atoms with E-state index in [1.54, 1.807) is 0 Å². The number of rotatable bonds is 5. The van der Waals surface area contributed by atoms with Crippen LogP contribution in [-0.2, 0) is 0 Å². The van der Waals surface area contributed by atoms with E-state index in [9.17, 15) is 0 Å². The van der Waals surface area contributed by atoms with Crippen molar-refractivity contribution in [2.24, 2.45) is 11.7 Å². The van der Waals surface area contributed by atoms with E-state index in [-0.39, 0.29) is 5.54 Å². The van der Waals surface area contributed by atoms with Crippen LogP contribution in [0.3, 0.4) is 0 Å². The topological polar surface area (TPSA) is 41.3 Å². The smallest absolute Gasteiger partial charge is 0.0331 e. The zero-order chi connectivity index (χ0) is 12.4. The van der Waals surface area contributed by atoms with Crippen LogP contribution in [0.4, 0.5) is 0 Å². The number of piperidine rings is 1. The molecule has 3 rings (SSSR count). The Morgan fingerprint density at radius 3 is 2.78 bits per heavy atom. The zero-order valence-corrected chi connectivity index (χ0v) is 11.7. The SMILES string of the molecule is NCC1(NCCC2CCC2)CCN2CCCC2C1. The Balaban J connectivity index is 1.49. The van der Waals surface area contributed by atoms with E-state index < -0.39 is 0 Å². The largest absolute Gasteiger partial charge is 0.329 e. The monoisotopic (exact) mass is 251 g/mol. The normalized spacial score (nSPS) is 37.5. The Labute approximate surface area is 111 Å². The van der Waals surface area contributed by atoms with Gasteiger partial charge in [0.05, 0.1) is 0 Å². The van der Waals surface area contributed by atoms with Gasteiger partial charge in [0.2, 0.25) is 0 Å². The van der Waals surface area contributed by atoms with E-state index in [0.29, 0.717) is 0 Å². The molecule has 0 aromatic heterocycles. The van der Waals surface area contributed by atoms with Gasteiger partial charge in [0, 0.05) is 24.7 Å². The third kappa shape index (κ3) is 2.59. The summed E-state index contributed by atoms with van der Waals surface area (Å²) in [5, 5.41) is 3.84. The van der Waals surface area contributed by atoms with Gasteiger partial charge in [0.25, 0.3) is 0 Å². The lowest BCUT2D eigenvalue weighted by atomic mass is 9.81. The Kier molecular flexibility index (Phi) is 3.92. The molecule has 2 atom stereocenters. The second-order valence-corrected chi connectivity index (χ2v) is 6.78. The summed E-state index contributed by atoms with van der Waals surface area (Å²) in [6.45, 7) is 4.60. The second-order valence-electron chi connectivity index (χ2n) is 6.78. The third-order valence-electron chi connectivity index (χ3n) is 5.67. The van der Waals surface area contributed by atoms with E-state index in [1.807, 2.05) is 0 Å². The van der Waals surface area contributed by atoms with Gasteiger partial charge < -0.3 is 16.0 Å². The van der Waals surface area contributed by atoms with Crippen LogP contribution in [-0.4, -0.2) is 42.7 Å². The van der Waals surface area contributed by atoms with Crippen molar-refractivity contribution in [1.82, 2.24) is 10.2 Å². The van der Waals surface area contributed by atoms with Gasteiger partial charge in [0.15, 0.2) is 0 Å². The molecule has 3 heteroatoms. The van der Waals surface area contributed by atoms with Crippen LogP contribution >= 0.6 is 0 Å². The number of nitrogens with two attached hydrogens (primary N) is 1. The first-order valence-electron chi connectivity index (χ1n) is 8.00. The molecule has 0 radical (unpaired) electrons. The molecule has 2 unspecified atom stereocenters. The molecule has 104 valence electrons. The molecule has 3 nitrogen and oxygen atoms in total. The summed E-state index contributed by atoms with van der Waals surface area (Å²) in [5.41, 5.74) is 6.36. The molecule has 0 amide bonds. The lowest BCUT2D eigenvalue weighted by Crippen LogP contribution is -2.59. The molecule has 0 spiro atoms. The molecule has 1 aliphatic carbocycles. The number of hydrogen-bond donors (Lipinski definition) is 2. The second kappa shape index (κ2) is 5.48. The number of nitrogens with zero attached hydrogens (tertiary/aromatic N) is 1. The van der Waals surface area contributed by atoms with Crippen LogP contribution in [0.25, 0.3) is 0 Å². The van der Waals surface area contributed by atoms with Gasteiger partial charge in [-0.25, -0.2) is 0 Å². The summed E-state index contributed by atoms with van der Waals surface area (Å²) < 4.78 is 0. The number of fused-ring (bicyclic) bond motifs is 1. The summed E-state index contributed by atoms with van der Waals surface area (Å²) in [6, 6.07) is 0.818. The molecule has 0 bridgehead atoms. The molecule has 3 N–H and O–H groups in total. The average Bonchev–Trinajstić information content (AvgIpc) is 2.79. The maximum Gasteiger partial charge on any atom is 0.0331 e. The molecule has 0 aromatic rings. The highest BCUT2D eigenvalue weighted by Crippen LogP contribution is 2.33. The van der Waals surface area contributed by atoms with Crippen molar-refractivity contribution in [3.05, 3.63) is 0 Å². The van der Waals surface area contributed by atoms with Gasteiger partial charge in [-0.2, -0.15) is 0 Å². The highest BCUT2D eigenvalue weighted by atomic mass is 15.2. The van der Waals surface area contributed by atoms with E-state index in [2.05, 4.69) is 10.2 Å². The third-order valence-corrected chi connectivity index (χ3v) is 5.67. The van der Waals surface area contributed by atoms with Crippen LogP contribution in [0.5, 0.6) is 0 Å². The molecule has 0 aromatic carbocycles. The standard InChI is InChI=1S/C15H29N3/c16-12-15(17-8-6-13-3-1-4-13)7-10-18-9-2-5-14(18)11-15/h13-14,17H,1-12,16H2. The van der Waals surface area contributed by atoms with E-state index in [4.69, 9.17) is 5.73 Å². The van der Waals surface area contributed by atoms with E-state index >= 15 is 0 Å². The molecule has 3 aliphatic rings. The van der Waals surface area contributed by atoms with Crippen LogP contribution in [0.1, 0.15) is 51.4 Å². The summed E-state index contributed by atoms with van der Waals surface area (Å²) in [7, 11) is 0. The van der Waals surface area contributed by atoms with Crippen LogP contribution in [0.2, 0.25) is 0 Å². The highest BCUT2D eigenvalue weighted by Gasteiger charge is 2.40. The van der Waals surface area contributed by atoms with Crippen molar-refractivity contribution in [3.8, 4) is 0 Å². The van der Waals surface area contributed by atoms with Crippen molar-refractivity contribution < 1.29 is 0 Å². The highest BCUT2D eigenvalue weighted by molar-refractivity contribution is 5.00. The summed E-state index contributed by atoms with van der Waals surface area (Å²) in [5.74, 6) is 1.01. The van der Waals surface area contributed by atoms with E-state index in [1.165, 1.54) is 71.0 Å². The maximum atomic E-state index is 6.10. The van der Waals surface area contributed by atoms with Crippen LogP contribution < -0.4 is 11.1 Å². The molecule has 1 saturated carbocycles. The molecule has 2 aliphatic heterocycles. The summed E-state index contributed by atoms with van der Waals surface area (Å²) in [4.78, 5) is 2.68. The van der Waals surface area contributed by atoms with Crippen molar-refractivity contribution >= 4 is 0 Å². The average molecular weight is 251 g/mol. The van der Waals surface area contributed by atoms with Gasteiger partial charge >= 0.3 is 0 Å². The zero-order valence-electron chi connectivity index (χ0n) is 11.7. The van der Waals surface area contributed by atoms with Crippen molar-refractivity contribution in [2.75, 3.05) is 26.2 Å². The van der Waals surface area contributed by atoms with Crippen molar-refractivity contribution in [1.29, 1.82) is 0 Å². The van der Waals surface area contributed by atoms with Crippen LogP contribution in [0.15, 0.2) is 0 Å². The Bertz CT molecular complexity index is 277. The fourth-order valence-electron chi connectivity index (χ4n) is 4.07. The Hall–Kier alpha value is -0.120. The van der Waals surface area contributed by atoms with Crippen LogP contribution in [0, 0.1) is 5.92 Å². The molecule has 2 heterocycles. The first-order chi connectivity index (χ1) is 8.81. The van der Waals surface area contributed by atoms with E-state index in [0.717, 1.165) is 18.5 Å². The number of nitrogens with one attached hydrogen (secondary N) is 1. The minimum absolute atomic E-state index is 0.259. The van der Waals surface area contributed by atoms with Gasteiger partial charge in [-0.15, -0.1) is 0 Å². The van der Waals surface area contributed by atoms with Gasteiger partial charge in [-0.05, 0) is 51.1 Å². The first-order valence-corrected chi connectivity index (χ1v) is 8.00. The van der Waals surface area contributed by atoms with Gasteiger partial charge in [-0.3, -0.25) is 0 Å². The quantitative estimate of drug-likeness (QED) is 0.782. The fourth-order valence-corrected chi connectivity index (χ4v) is 4.07. The predicted molar refractivity (Wildman–Crippen MR) is 75.6 cm³/mol.